The van der Waals surface area contributed by atoms with Crippen LogP contribution in [0.4, 0.5) is 4.39 Å². The quantitative estimate of drug-likeness (QED) is 0.612. The molecule has 1 heterocycles. The van der Waals surface area contributed by atoms with Crippen LogP contribution in [0.15, 0.2) is 24.3 Å². The minimum atomic E-state index is -0.585. The molecule has 0 unspecified atom stereocenters. The summed E-state index contributed by atoms with van der Waals surface area (Å²) in [7, 11) is 0. The molecular weight excluding hydrogens is 357 g/mol. The monoisotopic (exact) mass is 381 g/mol. The lowest BCUT2D eigenvalue weighted by Crippen LogP contribution is -2.55. The fourth-order valence-corrected chi connectivity index (χ4v) is 3.61. The molecule has 0 radical (unpaired) electrons. The summed E-state index contributed by atoms with van der Waals surface area (Å²) in [5, 5.41) is 7.87. The van der Waals surface area contributed by atoms with Crippen LogP contribution in [0.1, 0.15) is 19.4 Å². The van der Waals surface area contributed by atoms with Crippen LogP contribution in [0, 0.1) is 11.7 Å². The molecule has 2 atom stereocenters. The Labute approximate surface area is 156 Å². The molecule has 1 saturated heterocycles. The molecule has 0 saturated carbocycles. The van der Waals surface area contributed by atoms with Crippen LogP contribution in [0.25, 0.3) is 0 Å². The Balaban J connectivity index is 1.73. The molecule has 3 amide bonds. The van der Waals surface area contributed by atoms with Gasteiger partial charge in [-0.2, -0.15) is 0 Å². The minimum absolute atomic E-state index is 0.0654. The van der Waals surface area contributed by atoms with E-state index in [0.29, 0.717) is 25.3 Å². The van der Waals surface area contributed by atoms with Gasteiger partial charge < -0.3 is 16.0 Å². The zero-order valence-electron chi connectivity index (χ0n) is 14.9. The summed E-state index contributed by atoms with van der Waals surface area (Å²) in [6, 6.07) is 5.48. The van der Waals surface area contributed by atoms with Crippen LogP contribution >= 0.6 is 11.8 Å². The Morgan fingerprint density at radius 3 is 2.50 bits per heavy atom. The number of hydrogen-bond donors (Lipinski definition) is 3. The van der Waals surface area contributed by atoms with Crippen molar-refractivity contribution in [3.05, 3.63) is 35.6 Å². The molecule has 1 aromatic carbocycles. The summed E-state index contributed by atoms with van der Waals surface area (Å²) in [6.45, 7) is 4.26. The minimum Gasteiger partial charge on any atom is -0.354 e. The lowest BCUT2D eigenvalue weighted by Gasteiger charge is -2.28. The Bertz CT molecular complexity index is 652. The summed E-state index contributed by atoms with van der Waals surface area (Å²) in [6.07, 6.45) is 0.492. The first-order valence-corrected chi connectivity index (χ1v) is 9.63. The van der Waals surface area contributed by atoms with E-state index >= 15 is 0 Å². The first-order valence-electron chi connectivity index (χ1n) is 8.58. The van der Waals surface area contributed by atoms with Gasteiger partial charge in [0.25, 0.3) is 0 Å². The Morgan fingerprint density at radius 2 is 1.88 bits per heavy atom. The molecule has 0 spiro atoms. The van der Waals surface area contributed by atoms with E-state index in [1.54, 1.807) is 26.0 Å². The molecule has 6 nitrogen and oxygen atoms in total. The molecular formula is C18H24FN3O3S. The predicted molar refractivity (Wildman–Crippen MR) is 99.1 cm³/mol. The van der Waals surface area contributed by atoms with Crippen LogP contribution in [0.5, 0.6) is 0 Å². The molecule has 8 heteroatoms. The zero-order valence-corrected chi connectivity index (χ0v) is 15.7. The lowest BCUT2D eigenvalue weighted by molar-refractivity contribution is -0.128. The number of amides is 3. The molecule has 1 aromatic rings. The van der Waals surface area contributed by atoms with Crippen molar-refractivity contribution in [2.75, 3.05) is 18.8 Å². The highest BCUT2D eigenvalue weighted by atomic mass is 32.2. The van der Waals surface area contributed by atoms with Crippen LogP contribution in [-0.4, -0.2) is 47.9 Å². The van der Waals surface area contributed by atoms with Crippen molar-refractivity contribution in [3.8, 4) is 0 Å². The van der Waals surface area contributed by atoms with Gasteiger partial charge in [0.1, 0.15) is 11.9 Å². The van der Waals surface area contributed by atoms with E-state index in [2.05, 4.69) is 16.0 Å². The van der Waals surface area contributed by atoms with Gasteiger partial charge in [0.15, 0.2) is 0 Å². The zero-order chi connectivity index (χ0) is 19.1. The SMILES string of the molecule is CC(C)C(=O)NCCNC(=O)[C@@H]1CS[C@@H](Cc2ccc(F)cc2)C(=O)N1. The van der Waals surface area contributed by atoms with Crippen LogP contribution in [-0.2, 0) is 20.8 Å². The molecule has 26 heavy (non-hydrogen) atoms. The van der Waals surface area contributed by atoms with E-state index in [0.717, 1.165) is 5.56 Å². The van der Waals surface area contributed by atoms with Crippen LogP contribution in [0.3, 0.4) is 0 Å². The van der Waals surface area contributed by atoms with Gasteiger partial charge >= 0.3 is 0 Å². The maximum Gasteiger partial charge on any atom is 0.243 e. The van der Waals surface area contributed by atoms with Crippen LogP contribution < -0.4 is 16.0 Å². The Hall–Kier alpha value is -2.09. The number of hydrogen-bond acceptors (Lipinski definition) is 4. The molecule has 142 valence electrons. The maximum absolute atomic E-state index is 12.9. The highest BCUT2D eigenvalue weighted by Crippen LogP contribution is 2.22. The number of carbonyl (C=O) groups excluding carboxylic acids is 3. The smallest absolute Gasteiger partial charge is 0.243 e. The van der Waals surface area contributed by atoms with E-state index in [4.69, 9.17) is 0 Å². The second kappa shape index (κ2) is 9.56. The second-order valence-electron chi connectivity index (χ2n) is 6.45. The molecule has 0 bridgehead atoms. The maximum atomic E-state index is 12.9. The van der Waals surface area contributed by atoms with Gasteiger partial charge in [-0.3, -0.25) is 14.4 Å². The highest BCUT2D eigenvalue weighted by molar-refractivity contribution is 8.00. The summed E-state index contributed by atoms with van der Waals surface area (Å²) in [5.74, 6) is -0.455. The van der Waals surface area contributed by atoms with E-state index < -0.39 is 6.04 Å². The standard InChI is InChI=1S/C18H24FN3O3S/c1-11(2)16(23)20-7-8-21-17(24)14-10-26-15(18(25)22-14)9-12-3-5-13(19)6-4-12/h3-6,11,14-15H,7-10H2,1-2H3,(H,20,23)(H,21,24)(H,22,25)/t14-,15-/m0/s1. The van der Waals surface area contributed by atoms with Gasteiger partial charge in [0.05, 0.1) is 5.25 Å². The number of nitrogens with one attached hydrogen (secondary N) is 3. The average Bonchev–Trinajstić information content (AvgIpc) is 2.61. The van der Waals surface area contributed by atoms with Crippen LogP contribution in [0.2, 0.25) is 0 Å². The third-order valence-electron chi connectivity index (χ3n) is 3.97. The number of benzene rings is 1. The van der Waals surface area contributed by atoms with E-state index in [-0.39, 0.29) is 34.7 Å². The van der Waals surface area contributed by atoms with Crippen molar-refractivity contribution in [2.45, 2.75) is 31.6 Å². The van der Waals surface area contributed by atoms with Gasteiger partial charge in [-0.1, -0.05) is 26.0 Å². The molecule has 1 aliphatic heterocycles. The van der Waals surface area contributed by atoms with Crippen molar-refractivity contribution >= 4 is 29.5 Å². The lowest BCUT2D eigenvalue weighted by atomic mass is 10.1. The fourth-order valence-electron chi connectivity index (χ4n) is 2.42. The van der Waals surface area contributed by atoms with Crippen molar-refractivity contribution in [1.29, 1.82) is 0 Å². The Kier molecular flexibility index (Phi) is 7.44. The molecule has 3 N–H and O–H groups in total. The predicted octanol–water partition coefficient (Wildman–Crippen LogP) is 0.857. The van der Waals surface area contributed by atoms with Gasteiger partial charge in [0, 0.05) is 24.8 Å². The fraction of sp³-hybridized carbons (Fsp3) is 0.500. The van der Waals surface area contributed by atoms with E-state index in [1.807, 2.05) is 0 Å². The first kappa shape index (κ1) is 20.2. The Morgan fingerprint density at radius 1 is 1.23 bits per heavy atom. The summed E-state index contributed by atoms with van der Waals surface area (Å²) >= 11 is 1.42. The number of rotatable bonds is 7. The third-order valence-corrected chi connectivity index (χ3v) is 5.28. The molecule has 2 rings (SSSR count). The first-order chi connectivity index (χ1) is 12.4. The summed E-state index contributed by atoms with van der Waals surface area (Å²) in [5.41, 5.74) is 0.878. The van der Waals surface area contributed by atoms with Gasteiger partial charge in [-0.05, 0) is 24.1 Å². The molecule has 0 aromatic heterocycles. The number of thioether (sulfide) groups is 1. The van der Waals surface area contributed by atoms with Crippen molar-refractivity contribution in [3.63, 3.8) is 0 Å². The van der Waals surface area contributed by atoms with Crippen molar-refractivity contribution < 1.29 is 18.8 Å². The third kappa shape index (κ3) is 6.01. The van der Waals surface area contributed by atoms with E-state index in [1.165, 1.54) is 23.9 Å². The van der Waals surface area contributed by atoms with Crippen molar-refractivity contribution in [1.82, 2.24) is 16.0 Å². The summed E-state index contributed by atoms with van der Waals surface area (Å²) < 4.78 is 12.9. The average molecular weight is 381 g/mol. The van der Waals surface area contributed by atoms with Crippen molar-refractivity contribution in [2.24, 2.45) is 5.92 Å². The summed E-state index contributed by atoms with van der Waals surface area (Å²) in [4.78, 5) is 35.8. The molecule has 0 aliphatic carbocycles. The number of carbonyl (C=O) groups is 3. The largest absolute Gasteiger partial charge is 0.354 e. The topological polar surface area (TPSA) is 87.3 Å². The number of halogens is 1. The normalized spacial score (nSPS) is 19.8. The molecule has 1 aliphatic rings. The van der Waals surface area contributed by atoms with Gasteiger partial charge in [-0.25, -0.2) is 4.39 Å². The highest BCUT2D eigenvalue weighted by Gasteiger charge is 2.32. The van der Waals surface area contributed by atoms with E-state index in [9.17, 15) is 18.8 Å². The second-order valence-corrected chi connectivity index (χ2v) is 7.69. The molecule has 1 fully saturated rings. The van der Waals surface area contributed by atoms with Gasteiger partial charge in [-0.15, -0.1) is 11.8 Å². The van der Waals surface area contributed by atoms with Gasteiger partial charge in [0.2, 0.25) is 17.7 Å².